The van der Waals surface area contributed by atoms with Gasteiger partial charge < -0.3 is 16.0 Å². The molecular formula is C17H23ClF3N3O2. The number of amides is 2. The lowest BCUT2D eigenvalue weighted by Gasteiger charge is -2.17. The number of hydrogen-bond acceptors (Lipinski definition) is 3. The number of rotatable bonds is 7. The second-order valence-corrected chi connectivity index (χ2v) is 6.16. The van der Waals surface area contributed by atoms with E-state index in [0.717, 1.165) is 25.0 Å². The van der Waals surface area contributed by atoms with Crippen molar-refractivity contribution in [1.29, 1.82) is 0 Å². The van der Waals surface area contributed by atoms with Crippen LogP contribution in [0.3, 0.4) is 0 Å². The van der Waals surface area contributed by atoms with Crippen molar-refractivity contribution >= 4 is 24.2 Å². The molecule has 26 heavy (non-hydrogen) atoms. The van der Waals surface area contributed by atoms with Gasteiger partial charge in [-0.1, -0.05) is 12.1 Å². The van der Waals surface area contributed by atoms with Crippen molar-refractivity contribution < 1.29 is 22.8 Å². The lowest BCUT2D eigenvalue weighted by atomic mass is 10.1. The SMILES string of the molecule is Cl.NCCCCNC(=O)C1CC(=O)N(Cc2cccc(C(F)(F)F)c2)C1. The van der Waals surface area contributed by atoms with Crippen LogP contribution in [0.15, 0.2) is 24.3 Å². The molecule has 0 saturated carbocycles. The fourth-order valence-corrected chi connectivity index (χ4v) is 2.79. The van der Waals surface area contributed by atoms with Gasteiger partial charge >= 0.3 is 6.18 Å². The van der Waals surface area contributed by atoms with E-state index in [1.54, 1.807) is 6.07 Å². The van der Waals surface area contributed by atoms with Gasteiger partial charge in [0.25, 0.3) is 0 Å². The van der Waals surface area contributed by atoms with E-state index in [-0.39, 0.29) is 43.7 Å². The highest BCUT2D eigenvalue weighted by Crippen LogP contribution is 2.30. The number of carbonyl (C=O) groups is 2. The first kappa shape index (κ1) is 22.2. The molecule has 0 aromatic heterocycles. The molecule has 2 amide bonds. The van der Waals surface area contributed by atoms with Gasteiger partial charge in [-0.2, -0.15) is 13.2 Å². The zero-order valence-corrected chi connectivity index (χ0v) is 15.0. The Hall–Kier alpha value is -1.80. The summed E-state index contributed by atoms with van der Waals surface area (Å²) in [5, 5.41) is 2.77. The zero-order valence-electron chi connectivity index (χ0n) is 14.2. The van der Waals surface area contributed by atoms with Crippen molar-refractivity contribution in [3.8, 4) is 0 Å². The van der Waals surface area contributed by atoms with Crippen LogP contribution in [0.25, 0.3) is 0 Å². The standard InChI is InChI=1S/C17H22F3N3O2.ClH/c18-17(19,20)14-5-3-4-12(8-14)10-23-11-13(9-15(23)24)16(25)22-7-2-1-6-21;/h3-5,8,13H,1-2,6-7,9-11,21H2,(H,22,25);1H. The minimum Gasteiger partial charge on any atom is -0.356 e. The van der Waals surface area contributed by atoms with Crippen molar-refractivity contribution in [2.45, 2.75) is 32.0 Å². The van der Waals surface area contributed by atoms with E-state index >= 15 is 0 Å². The summed E-state index contributed by atoms with van der Waals surface area (Å²) in [5.41, 5.74) is 5.03. The normalized spacial score (nSPS) is 17.2. The van der Waals surface area contributed by atoms with Crippen LogP contribution in [-0.4, -0.2) is 36.3 Å². The number of carbonyl (C=O) groups excluding carboxylic acids is 2. The molecule has 2 rings (SSSR count). The number of likely N-dealkylation sites (tertiary alicyclic amines) is 1. The van der Waals surface area contributed by atoms with E-state index in [1.165, 1.54) is 11.0 Å². The van der Waals surface area contributed by atoms with Crippen LogP contribution in [0.1, 0.15) is 30.4 Å². The highest BCUT2D eigenvalue weighted by atomic mass is 35.5. The zero-order chi connectivity index (χ0) is 18.4. The highest BCUT2D eigenvalue weighted by molar-refractivity contribution is 5.89. The number of nitrogens with one attached hydrogen (secondary N) is 1. The molecule has 1 saturated heterocycles. The topological polar surface area (TPSA) is 75.4 Å². The Labute approximate surface area is 156 Å². The van der Waals surface area contributed by atoms with Crippen molar-refractivity contribution in [2.24, 2.45) is 11.7 Å². The quantitative estimate of drug-likeness (QED) is 0.698. The molecule has 1 unspecified atom stereocenters. The summed E-state index contributed by atoms with van der Waals surface area (Å²) >= 11 is 0. The number of halogens is 4. The first-order valence-electron chi connectivity index (χ1n) is 8.23. The van der Waals surface area contributed by atoms with Gasteiger partial charge in [-0.05, 0) is 37.1 Å². The summed E-state index contributed by atoms with van der Waals surface area (Å²) in [5.74, 6) is -0.882. The Balaban J connectivity index is 0.00000338. The maximum atomic E-state index is 12.8. The first-order chi connectivity index (χ1) is 11.8. The van der Waals surface area contributed by atoms with E-state index in [9.17, 15) is 22.8 Å². The van der Waals surface area contributed by atoms with Crippen molar-refractivity contribution in [1.82, 2.24) is 10.2 Å². The molecule has 5 nitrogen and oxygen atoms in total. The molecule has 1 aromatic rings. The van der Waals surface area contributed by atoms with Crippen molar-refractivity contribution in [3.05, 3.63) is 35.4 Å². The minimum absolute atomic E-state index is 0. The van der Waals surface area contributed by atoms with Gasteiger partial charge in [0, 0.05) is 26.1 Å². The Kier molecular flexibility index (Phi) is 8.36. The molecule has 0 radical (unpaired) electrons. The third-order valence-electron chi connectivity index (χ3n) is 4.14. The third kappa shape index (κ3) is 6.17. The summed E-state index contributed by atoms with van der Waals surface area (Å²) in [4.78, 5) is 25.6. The Morgan fingerprint density at radius 3 is 2.69 bits per heavy atom. The Bertz CT molecular complexity index is 626. The average Bonchev–Trinajstić information content (AvgIpc) is 2.92. The fraction of sp³-hybridized carbons (Fsp3) is 0.529. The van der Waals surface area contributed by atoms with Crippen LogP contribution in [0.5, 0.6) is 0 Å². The smallest absolute Gasteiger partial charge is 0.356 e. The molecule has 0 spiro atoms. The van der Waals surface area contributed by atoms with Crippen LogP contribution in [-0.2, 0) is 22.3 Å². The van der Waals surface area contributed by atoms with E-state index in [4.69, 9.17) is 5.73 Å². The van der Waals surface area contributed by atoms with Crippen molar-refractivity contribution in [3.63, 3.8) is 0 Å². The van der Waals surface area contributed by atoms with E-state index < -0.39 is 17.7 Å². The van der Waals surface area contributed by atoms with Gasteiger partial charge in [-0.3, -0.25) is 9.59 Å². The molecule has 3 N–H and O–H groups in total. The molecule has 0 aliphatic carbocycles. The van der Waals surface area contributed by atoms with E-state index in [1.807, 2.05) is 0 Å². The van der Waals surface area contributed by atoms with Crippen molar-refractivity contribution in [2.75, 3.05) is 19.6 Å². The highest BCUT2D eigenvalue weighted by Gasteiger charge is 2.35. The lowest BCUT2D eigenvalue weighted by Crippen LogP contribution is -2.33. The van der Waals surface area contributed by atoms with Gasteiger partial charge in [0.1, 0.15) is 0 Å². The number of nitrogens with two attached hydrogens (primary N) is 1. The van der Waals surface area contributed by atoms with E-state index in [0.29, 0.717) is 18.7 Å². The second kappa shape index (κ2) is 9.78. The molecule has 1 aliphatic heterocycles. The predicted octanol–water partition coefficient (Wildman–Crippen LogP) is 2.33. The van der Waals surface area contributed by atoms with Crippen LogP contribution in [0.2, 0.25) is 0 Å². The molecule has 1 atom stereocenters. The summed E-state index contributed by atoms with van der Waals surface area (Å²) in [6, 6.07) is 4.89. The molecule has 1 heterocycles. The maximum Gasteiger partial charge on any atom is 0.416 e. The number of unbranched alkanes of at least 4 members (excludes halogenated alkanes) is 1. The summed E-state index contributed by atoms with van der Waals surface area (Å²) < 4.78 is 38.3. The minimum atomic E-state index is -4.42. The summed E-state index contributed by atoms with van der Waals surface area (Å²) in [6.07, 6.45) is -2.75. The Morgan fingerprint density at radius 1 is 1.31 bits per heavy atom. The Morgan fingerprint density at radius 2 is 2.04 bits per heavy atom. The van der Waals surface area contributed by atoms with E-state index in [2.05, 4.69) is 5.32 Å². The van der Waals surface area contributed by atoms with Gasteiger partial charge in [0.2, 0.25) is 11.8 Å². The van der Waals surface area contributed by atoms with Crippen LogP contribution in [0, 0.1) is 5.92 Å². The first-order valence-corrected chi connectivity index (χ1v) is 8.23. The largest absolute Gasteiger partial charge is 0.416 e. The molecule has 146 valence electrons. The van der Waals surface area contributed by atoms with Crippen LogP contribution in [0.4, 0.5) is 13.2 Å². The van der Waals surface area contributed by atoms with Gasteiger partial charge in [-0.15, -0.1) is 12.4 Å². The number of alkyl halides is 3. The number of hydrogen-bond donors (Lipinski definition) is 2. The third-order valence-corrected chi connectivity index (χ3v) is 4.14. The van der Waals surface area contributed by atoms with Crippen LogP contribution >= 0.6 is 12.4 Å². The van der Waals surface area contributed by atoms with Gasteiger partial charge in [-0.25, -0.2) is 0 Å². The van der Waals surface area contributed by atoms with Gasteiger partial charge in [0.05, 0.1) is 11.5 Å². The number of nitrogens with zero attached hydrogens (tertiary/aromatic N) is 1. The second-order valence-electron chi connectivity index (χ2n) is 6.16. The number of benzene rings is 1. The lowest BCUT2D eigenvalue weighted by molar-refractivity contribution is -0.137. The summed E-state index contributed by atoms with van der Waals surface area (Å²) in [6.45, 7) is 1.36. The molecule has 9 heteroatoms. The average molecular weight is 394 g/mol. The fourth-order valence-electron chi connectivity index (χ4n) is 2.79. The molecule has 1 aromatic carbocycles. The molecule has 1 fully saturated rings. The molecule has 0 bridgehead atoms. The molecular weight excluding hydrogens is 371 g/mol. The monoisotopic (exact) mass is 393 g/mol. The molecule has 1 aliphatic rings. The van der Waals surface area contributed by atoms with Crippen LogP contribution < -0.4 is 11.1 Å². The summed E-state index contributed by atoms with van der Waals surface area (Å²) in [7, 11) is 0. The van der Waals surface area contributed by atoms with Gasteiger partial charge in [0.15, 0.2) is 0 Å². The predicted molar refractivity (Wildman–Crippen MR) is 93.5 cm³/mol. The maximum absolute atomic E-state index is 12.8.